The Labute approximate surface area is 140 Å². The number of nitrogens with zero attached hydrogens (tertiary/aromatic N) is 3. The van der Waals surface area contributed by atoms with Crippen molar-refractivity contribution in [1.82, 2.24) is 9.88 Å². The molecule has 1 atom stereocenters. The molecular weight excluding hydrogens is 318 g/mol. The van der Waals surface area contributed by atoms with Crippen LogP contribution in [-0.2, 0) is 4.74 Å². The fourth-order valence-electron chi connectivity index (χ4n) is 2.51. The normalized spacial score (nSPS) is 18.6. The third-order valence-electron chi connectivity index (χ3n) is 3.59. The Morgan fingerprint density at radius 1 is 1.57 bits per heavy atom. The summed E-state index contributed by atoms with van der Waals surface area (Å²) in [7, 11) is 0. The van der Waals surface area contributed by atoms with E-state index in [4.69, 9.17) is 27.5 Å². The fraction of sp³-hybridized carbons (Fsp3) is 0.600. The molecule has 1 aromatic heterocycles. The van der Waals surface area contributed by atoms with E-state index in [1.54, 1.807) is 11.1 Å². The van der Waals surface area contributed by atoms with Gasteiger partial charge >= 0.3 is 6.09 Å². The number of carbonyl (C=O) groups excluding carboxylic acids is 1. The van der Waals surface area contributed by atoms with E-state index in [2.05, 4.69) is 4.98 Å². The van der Waals surface area contributed by atoms with Gasteiger partial charge in [-0.15, -0.1) is 0 Å². The van der Waals surface area contributed by atoms with Gasteiger partial charge in [-0.1, -0.05) is 11.6 Å². The molecule has 0 spiro atoms. The van der Waals surface area contributed by atoms with Crippen LogP contribution in [0.25, 0.3) is 0 Å². The zero-order valence-corrected chi connectivity index (χ0v) is 14.4. The highest BCUT2D eigenvalue weighted by molar-refractivity contribution is 6.31. The maximum absolute atomic E-state index is 12.2. The minimum absolute atomic E-state index is 0.123. The number of nitrogens with two attached hydrogens (primary N) is 1. The molecule has 0 aromatic carbocycles. The van der Waals surface area contributed by atoms with E-state index in [9.17, 15) is 4.79 Å². The van der Waals surface area contributed by atoms with E-state index < -0.39 is 5.60 Å². The van der Waals surface area contributed by atoms with Gasteiger partial charge in [0, 0.05) is 13.1 Å². The van der Waals surface area contributed by atoms with Crippen LogP contribution in [-0.4, -0.2) is 40.5 Å². The zero-order chi connectivity index (χ0) is 17.2. The van der Waals surface area contributed by atoms with Crippen LogP contribution in [0.3, 0.4) is 0 Å². The molecule has 8 heteroatoms. The van der Waals surface area contributed by atoms with Crippen molar-refractivity contribution in [1.29, 1.82) is 5.41 Å². The highest BCUT2D eigenvalue weighted by Crippen LogP contribution is 2.20. The number of hydrogen-bond acceptors (Lipinski definition) is 5. The summed E-state index contributed by atoms with van der Waals surface area (Å²) in [6.45, 7) is 6.58. The molecule has 1 aliphatic rings. The lowest BCUT2D eigenvalue weighted by molar-refractivity contribution is -0.546. The lowest BCUT2D eigenvalue weighted by Gasteiger charge is -2.33. The summed E-state index contributed by atoms with van der Waals surface area (Å²) >= 11 is 5.91. The summed E-state index contributed by atoms with van der Waals surface area (Å²) < 4.78 is 6.92. The summed E-state index contributed by atoms with van der Waals surface area (Å²) in [5.41, 5.74) is 5.36. The van der Waals surface area contributed by atoms with Crippen LogP contribution in [0.5, 0.6) is 0 Å². The van der Waals surface area contributed by atoms with Gasteiger partial charge < -0.3 is 15.4 Å². The molecule has 1 aliphatic heterocycles. The third kappa shape index (κ3) is 4.31. The van der Waals surface area contributed by atoms with Crippen molar-refractivity contribution in [3.05, 3.63) is 17.5 Å². The van der Waals surface area contributed by atoms with Crippen molar-refractivity contribution >= 4 is 29.3 Å². The van der Waals surface area contributed by atoms with Crippen LogP contribution in [0.15, 0.2) is 12.4 Å². The van der Waals surface area contributed by atoms with Crippen LogP contribution in [0.2, 0.25) is 5.15 Å². The number of ether oxygens (including phenoxy) is 1. The molecular formula is C15H23ClN5O2+. The highest BCUT2D eigenvalue weighted by atomic mass is 35.5. The third-order valence-corrected chi connectivity index (χ3v) is 3.89. The molecule has 126 valence electrons. The number of halogens is 1. The Balaban J connectivity index is 2.10. The molecule has 0 radical (unpaired) electrons. The summed E-state index contributed by atoms with van der Waals surface area (Å²) in [5.74, 6) is 0.413. The van der Waals surface area contributed by atoms with Crippen LogP contribution >= 0.6 is 11.6 Å². The number of rotatable bonds is 1. The number of amides is 1. The average Bonchev–Trinajstić information content (AvgIpc) is 2.48. The van der Waals surface area contributed by atoms with E-state index in [0.29, 0.717) is 18.9 Å². The number of nitrogen functional groups attached to an aromatic ring is 1. The van der Waals surface area contributed by atoms with Gasteiger partial charge in [-0.05, 0) is 33.6 Å². The molecule has 1 fully saturated rings. The second kappa shape index (κ2) is 6.70. The molecule has 0 unspecified atom stereocenters. The molecule has 2 heterocycles. The number of hydrogen-bond donors (Lipinski definition) is 2. The smallest absolute Gasteiger partial charge is 0.410 e. The highest BCUT2D eigenvalue weighted by Gasteiger charge is 2.33. The van der Waals surface area contributed by atoms with Crippen LogP contribution in [0.4, 0.5) is 10.6 Å². The minimum atomic E-state index is -0.532. The molecule has 0 bridgehead atoms. The Hall–Kier alpha value is -1.89. The van der Waals surface area contributed by atoms with E-state index >= 15 is 0 Å². The topological polar surface area (TPSA) is 96.2 Å². The Morgan fingerprint density at radius 2 is 2.26 bits per heavy atom. The van der Waals surface area contributed by atoms with Crippen LogP contribution in [0.1, 0.15) is 33.6 Å². The number of piperidine rings is 1. The number of anilines is 1. The van der Waals surface area contributed by atoms with Crippen molar-refractivity contribution in [2.45, 2.75) is 39.2 Å². The predicted octanol–water partition coefficient (Wildman–Crippen LogP) is 2.08. The Morgan fingerprint density at radius 3 is 2.91 bits per heavy atom. The Kier molecular flexibility index (Phi) is 5.09. The molecule has 1 saturated heterocycles. The number of carbonyl (C=O) groups is 1. The van der Waals surface area contributed by atoms with Gasteiger partial charge in [-0.25, -0.2) is 14.3 Å². The van der Waals surface area contributed by atoms with Gasteiger partial charge in [0.2, 0.25) is 11.0 Å². The maximum atomic E-state index is 12.2. The molecule has 1 amide bonds. The largest absolute Gasteiger partial charge is 0.444 e. The molecule has 23 heavy (non-hydrogen) atoms. The Bertz CT molecular complexity index is 614. The van der Waals surface area contributed by atoms with Gasteiger partial charge in [-0.2, -0.15) is 5.41 Å². The quantitative estimate of drug-likeness (QED) is 0.464. The lowest BCUT2D eigenvalue weighted by atomic mass is 9.97. The van der Waals surface area contributed by atoms with E-state index in [-0.39, 0.29) is 23.0 Å². The summed E-state index contributed by atoms with van der Waals surface area (Å²) in [5, 5.41) is 8.55. The molecule has 3 N–H and O–H groups in total. The van der Waals surface area contributed by atoms with Gasteiger partial charge in [0.15, 0.2) is 0 Å². The number of likely N-dealkylation sites (tertiary alicyclic amines) is 1. The van der Waals surface area contributed by atoms with E-state index in [1.165, 1.54) is 10.8 Å². The molecule has 2 rings (SSSR count). The number of nitrogens with one attached hydrogen (secondary N) is 1. The van der Waals surface area contributed by atoms with Crippen molar-refractivity contribution < 1.29 is 14.1 Å². The second-order valence-corrected chi connectivity index (χ2v) is 6.98. The number of aromatic nitrogens is 2. The van der Waals surface area contributed by atoms with Crippen LogP contribution in [0, 0.1) is 11.3 Å². The molecule has 1 aromatic rings. The van der Waals surface area contributed by atoms with Gasteiger partial charge in [-0.3, -0.25) is 0 Å². The average molecular weight is 341 g/mol. The van der Waals surface area contributed by atoms with Crippen molar-refractivity contribution in [2.24, 2.45) is 5.92 Å². The first kappa shape index (κ1) is 17.5. The first-order valence-electron chi connectivity index (χ1n) is 7.57. The van der Waals surface area contributed by atoms with Crippen molar-refractivity contribution in [2.75, 3.05) is 18.8 Å². The first-order valence-corrected chi connectivity index (χ1v) is 7.95. The maximum Gasteiger partial charge on any atom is 0.410 e. The van der Waals surface area contributed by atoms with Crippen molar-refractivity contribution in [3.63, 3.8) is 0 Å². The van der Waals surface area contributed by atoms with E-state index in [1.807, 2.05) is 20.8 Å². The summed E-state index contributed by atoms with van der Waals surface area (Å²) in [6.07, 6.45) is 4.38. The second-order valence-electron chi connectivity index (χ2n) is 6.62. The zero-order valence-electron chi connectivity index (χ0n) is 13.7. The first-order chi connectivity index (χ1) is 10.7. The van der Waals surface area contributed by atoms with Crippen LogP contribution < -0.4 is 10.3 Å². The van der Waals surface area contributed by atoms with Gasteiger partial charge in [0.1, 0.15) is 5.60 Å². The summed E-state index contributed by atoms with van der Waals surface area (Å²) in [4.78, 5) is 17.7. The molecule has 0 aliphatic carbocycles. The predicted molar refractivity (Wildman–Crippen MR) is 87.5 cm³/mol. The fourth-order valence-corrected chi connectivity index (χ4v) is 2.66. The minimum Gasteiger partial charge on any atom is -0.444 e. The van der Waals surface area contributed by atoms with E-state index in [0.717, 1.165) is 12.8 Å². The van der Waals surface area contributed by atoms with Gasteiger partial charge in [0.05, 0.1) is 18.3 Å². The molecule has 7 nitrogen and oxygen atoms in total. The van der Waals surface area contributed by atoms with Crippen molar-refractivity contribution in [3.8, 4) is 0 Å². The van der Waals surface area contributed by atoms with Gasteiger partial charge in [0.25, 0.3) is 5.82 Å². The monoisotopic (exact) mass is 340 g/mol. The summed E-state index contributed by atoms with van der Waals surface area (Å²) in [6, 6.07) is 0. The lowest BCUT2D eigenvalue weighted by Crippen LogP contribution is -2.54. The SMILES string of the molecule is CC(C)(C)OC(=O)N1CCC[C@H](C(=N)[n+]2ccnc(Cl)c2N)C1. The standard InChI is InChI=1S/C15H22ClN5O2/c1-15(2,3)23-14(22)20-7-4-5-10(9-20)12(17)21-8-6-19-11(16)13(21)18/h6,8,10,17-18H,4-5,7,9H2,1-3H3/p+1/t10-/m0/s1. The molecule has 0 saturated carbocycles.